The van der Waals surface area contributed by atoms with Crippen LogP contribution in [0.1, 0.15) is 67.2 Å². The second-order valence-corrected chi connectivity index (χ2v) is 7.26. The zero-order valence-corrected chi connectivity index (χ0v) is 14.4. The van der Waals surface area contributed by atoms with E-state index in [1.165, 1.54) is 0 Å². The SMILES string of the molecule is CCCC(C)(CN(CCC(C)C)CCC(C)C)C(=O)O. The van der Waals surface area contributed by atoms with Crippen LogP contribution in [0.5, 0.6) is 0 Å². The first-order chi connectivity index (χ1) is 9.21. The number of hydrogen-bond donors (Lipinski definition) is 1. The van der Waals surface area contributed by atoms with Gasteiger partial charge in [-0.1, -0.05) is 41.0 Å². The highest BCUT2D eigenvalue weighted by Crippen LogP contribution is 2.26. The van der Waals surface area contributed by atoms with Crippen LogP contribution in [0.3, 0.4) is 0 Å². The molecule has 0 fully saturated rings. The van der Waals surface area contributed by atoms with Gasteiger partial charge in [-0.15, -0.1) is 0 Å². The van der Waals surface area contributed by atoms with Gasteiger partial charge in [0.1, 0.15) is 0 Å². The number of nitrogens with zero attached hydrogens (tertiary/aromatic N) is 1. The number of rotatable bonds is 11. The van der Waals surface area contributed by atoms with Gasteiger partial charge in [-0.25, -0.2) is 0 Å². The minimum atomic E-state index is -0.654. The average molecular weight is 285 g/mol. The van der Waals surface area contributed by atoms with Gasteiger partial charge in [0, 0.05) is 6.54 Å². The first-order valence-electron chi connectivity index (χ1n) is 8.17. The third kappa shape index (κ3) is 7.88. The molecule has 1 unspecified atom stereocenters. The molecule has 0 amide bonds. The van der Waals surface area contributed by atoms with Crippen LogP contribution in [-0.2, 0) is 4.79 Å². The zero-order chi connectivity index (χ0) is 15.8. The minimum absolute atomic E-state index is 0.608. The predicted molar refractivity (Wildman–Crippen MR) is 86.0 cm³/mol. The molecule has 120 valence electrons. The molecule has 0 aliphatic rings. The molecule has 0 heterocycles. The lowest BCUT2D eigenvalue weighted by Gasteiger charge is -2.33. The van der Waals surface area contributed by atoms with E-state index in [2.05, 4.69) is 39.5 Å². The number of carbonyl (C=O) groups is 1. The summed E-state index contributed by atoms with van der Waals surface area (Å²) in [5.41, 5.74) is -0.608. The molecule has 1 N–H and O–H groups in total. The fourth-order valence-corrected chi connectivity index (χ4v) is 2.45. The van der Waals surface area contributed by atoms with Crippen LogP contribution < -0.4 is 0 Å². The van der Waals surface area contributed by atoms with Crippen molar-refractivity contribution >= 4 is 5.97 Å². The Hall–Kier alpha value is -0.570. The summed E-state index contributed by atoms with van der Waals surface area (Å²) in [7, 11) is 0. The quantitative estimate of drug-likeness (QED) is 0.616. The van der Waals surface area contributed by atoms with E-state index in [1.54, 1.807) is 0 Å². The number of aliphatic carboxylic acids is 1. The normalized spacial score (nSPS) is 15.1. The molecule has 0 saturated heterocycles. The maximum Gasteiger partial charge on any atom is 0.310 e. The molecule has 0 aliphatic heterocycles. The Labute approximate surface area is 125 Å². The number of carboxylic acid groups (broad SMARTS) is 1. The van der Waals surface area contributed by atoms with Crippen LogP contribution in [0.2, 0.25) is 0 Å². The van der Waals surface area contributed by atoms with Crippen LogP contribution in [-0.4, -0.2) is 35.6 Å². The summed E-state index contributed by atoms with van der Waals surface area (Å²) in [4.78, 5) is 14.0. The Morgan fingerprint density at radius 1 is 1.10 bits per heavy atom. The van der Waals surface area contributed by atoms with Crippen molar-refractivity contribution in [1.82, 2.24) is 4.90 Å². The van der Waals surface area contributed by atoms with E-state index in [4.69, 9.17) is 0 Å². The fraction of sp³-hybridized carbons (Fsp3) is 0.941. The van der Waals surface area contributed by atoms with Gasteiger partial charge in [-0.2, -0.15) is 0 Å². The molecule has 0 bridgehead atoms. The van der Waals surface area contributed by atoms with Crippen LogP contribution in [0.25, 0.3) is 0 Å². The summed E-state index contributed by atoms with van der Waals surface area (Å²) >= 11 is 0. The van der Waals surface area contributed by atoms with Crippen molar-refractivity contribution in [3.05, 3.63) is 0 Å². The van der Waals surface area contributed by atoms with Gasteiger partial charge in [0.05, 0.1) is 5.41 Å². The summed E-state index contributed by atoms with van der Waals surface area (Å²) in [5, 5.41) is 9.54. The van der Waals surface area contributed by atoms with E-state index in [1.807, 2.05) is 6.92 Å². The van der Waals surface area contributed by atoms with E-state index in [0.717, 1.165) is 38.8 Å². The first-order valence-corrected chi connectivity index (χ1v) is 8.17. The van der Waals surface area contributed by atoms with Gasteiger partial charge < -0.3 is 10.0 Å². The van der Waals surface area contributed by atoms with Crippen molar-refractivity contribution in [2.24, 2.45) is 17.3 Å². The maximum absolute atomic E-state index is 11.6. The molecule has 1 atom stereocenters. The second kappa shape index (κ2) is 9.38. The third-order valence-corrected chi connectivity index (χ3v) is 3.94. The smallest absolute Gasteiger partial charge is 0.310 e. The maximum atomic E-state index is 11.6. The molecule has 0 aromatic carbocycles. The van der Waals surface area contributed by atoms with Crippen LogP contribution in [0.4, 0.5) is 0 Å². The van der Waals surface area contributed by atoms with E-state index in [-0.39, 0.29) is 0 Å². The number of hydrogen-bond acceptors (Lipinski definition) is 2. The molecule has 0 aromatic rings. The Kier molecular flexibility index (Phi) is 9.11. The van der Waals surface area contributed by atoms with Gasteiger partial charge in [0.2, 0.25) is 0 Å². The van der Waals surface area contributed by atoms with Gasteiger partial charge in [0.15, 0.2) is 0 Å². The lowest BCUT2D eigenvalue weighted by Crippen LogP contribution is -2.42. The van der Waals surface area contributed by atoms with Crippen molar-refractivity contribution < 1.29 is 9.90 Å². The van der Waals surface area contributed by atoms with Gasteiger partial charge in [-0.05, 0) is 51.1 Å². The third-order valence-electron chi connectivity index (χ3n) is 3.94. The van der Waals surface area contributed by atoms with E-state index >= 15 is 0 Å². The van der Waals surface area contributed by atoms with Crippen molar-refractivity contribution in [2.75, 3.05) is 19.6 Å². The molecule has 20 heavy (non-hydrogen) atoms. The lowest BCUT2D eigenvalue weighted by atomic mass is 9.85. The van der Waals surface area contributed by atoms with Gasteiger partial charge in [0.25, 0.3) is 0 Å². The van der Waals surface area contributed by atoms with E-state index < -0.39 is 11.4 Å². The largest absolute Gasteiger partial charge is 0.481 e. The Morgan fingerprint density at radius 2 is 1.55 bits per heavy atom. The van der Waals surface area contributed by atoms with Crippen molar-refractivity contribution in [1.29, 1.82) is 0 Å². The highest BCUT2D eigenvalue weighted by molar-refractivity contribution is 5.74. The van der Waals surface area contributed by atoms with Crippen LogP contribution >= 0.6 is 0 Å². The zero-order valence-electron chi connectivity index (χ0n) is 14.4. The monoisotopic (exact) mass is 285 g/mol. The van der Waals surface area contributed by atoms with Crippen LogP contribution in [0, 0.1) is 17.3 Å². The Morgan fingerprint density at radius 3 is 1.85 bits per heavy atom. The molecule has 0 spiro atoms. The molecule has 3 heteroatoms. The lowest BCUT2D eigenvalue weighted by molar-refractivity contribution is -0.149. The second-order valence-electron chi connectivity index (χ2n) is 7.26. The van der Waals surface area contributed by atoms with E-state index in [9.17, 15) is 9.90 Å². The molecule has 3 nitrogen and oxygen atoms in total. The summed E-state index contributed by atoms with van der Waals surface area (Å²) in [6.07, 6.45) is 3.95. The predicted octanol–water partition coefficient (Wildman–Crippen LogP) is 4.27. The molecule has 0 aliphatic carbocycles. The molecule has 0 saturated carbocycles. The number of carboxylic acids is 1. The van der Waals surface area contributed by atoms with Crippen molar-refractivity contribution in [3.8, 4) is 0 Å². The molecule has 0 rings (SSSR count). The molecular formula is C17H35NO2. The highest BCUT2D eigenvalue weighted by atomic mass is 16.4. The highest BCUT2D eigenvalue weighted by Gasteiger charge is 2.34. The molecule has 0 radical (unpaired) electrons. The summed E-state index contributed by atoms with van der Waals surface area (Å²) in [6.45, 7) is 15.6. The van der Waals surface area contributed by atoms with Crippen molar-refractivity contribution in [2.45, 2.75) is 67.2 Å². The first kappa shape index (κ1) is 19.4. The standard InChI is InChI=1S/C17H35NO2/c1-7-10-17(6,16(19)20)13-18(11-8-14(2)3)12-9-15(4)5/h14-15H,7-13H2,1-6H3,(H,19,20). The van der Waals surface area contributed by atoms with Crippen molar-refractivity contribution in [3.63, 3.8) is 0 Å². The van der Waals surface area contributed by atoms with Gasteiger partial charge in [-0.3, -0.25) is 4.79 Å². The Bertz CT molecular complexity index is 264. The van der Waals surface area contributed by atoms with Crippen LogP contribution in [0.15, 0.2) is 0 Å². The summed E-state index contributed by atoms with van der Waals surface area (Å²) in [5.74, 6) is 0.677. The topological polar surface area (TPSA) is 40.5 Å². The molecular weight excluding hydrogens is 250 g/mol. The summed E-state index contributed by atoms with van der Waals surface area (Å²) in [6, 6.07) is 0. The summed E-state index contributed by atoms with van der Waals surface area (Å²) < 4.78 is 0. The van der Waals surface area contributed by atoms with E-state index in [0.29, 0.717) is 18.4 Å². The van der Waals surface area contributed by atoms with Gasteiger partial charge >= 0.3 is 5.97 Å². The Balaban J connectivity index is 4.68. The minimum Gasteiger partial charge on any atom is -0.481 e. The fourth-order valence-electron chi connectivity index (χ4n) is 2.45. The molecule has 0 aromatic heterocycles. The average Bonchev–Trinajstić information content (AvgIpc) is 2.32.